The van der Waals surface area contributed by atoms with Crippen LogP contribution in [0.3, 0.4) is 0 Å². The van der Waals surface area contributed by atoms with Crippen molar-refractivity contribution >= 4 is 18.0 Å². The van der Waals surface area contributed by atoms with E-state index in [9.17, 15) is 14.4 Å². The van der Waals surface area contributed by atoms with Gasteiger partial charge in [-0.05, 0) is 18.9 Å². The number of carbonyl (C=O) groups excluding carboxylic acids is 3. The van der Waals surface area contributed by atoms with Crippen molar-refractivity contribution in [1.82, 2.24) is 5.32 Å². The number of benzene rings is 1. The minimum atomic E-state index is -1.38. The van der Waals surface area contributed by atoms with Crippen LogP contribution in [0.5, 0.6) is 0 Å². The number of ether oxygens (including phenoxy) is 3. The van der Waals surface area contributed by atoms with Gasteiger partial charge in [-0.2, -0.15) is 0 Å². The smallest absolute Gasteiger partial charge is 0.408 e. The fraction of sp³-hybridized carbons (Fsp3) is 0.438. The third-order valence-electron chi connectivity index (χ3n) is 3.28. The Hall–Kier alpha value is -2.57. The molecule has 1 rings (SSSR count). The van der Waals surface area contributed by atoms with Crippen LogP contribution in [0.4, 0.5) is 4.79 Å². The fourth-order valence-electron chi connectivity index (χ4n) is 1.88. The summed E-state index contributed by atoms with van der Waals surface area (Å²) in [5.41, 5.74) is -0.562. The number of nitrogens with one attached hydrogen (secondary N) is 1. The van der Waals surface area contributed by atoms with E-state index >= 15 is 0 Å². The van der Waals surface area contributed by atoms with E-state index in [0.717, 1.165) is 5.56 Å². The molecule has 0 fully saturated rings. The lowest BCUT2D eigenvalue weighted by atomic mass is 9.96. The van der Waals surface area contributed by atoms with E-state index in [4.69, 9.17) is 4.74 Å². The zero-order chi connectivity index (χ0) is 17.3. The number of hydrogen-bond donors (Lipinski definition) is 1. The third kappa shape index (κ3) is 5.98. The van der Waals surface area contributed by atoms with Crippen molar-refractivity contribution in [3.8, 4) is 0 Å². The van der Waals surface area contributed by atoms with Crippen LogP contribution in [0, 0.1) is 0 Å². The molecule has 1 N–H and O–H groups in total. The SMILES string of the molecule is COC(=O)CC[C@](C)(NC(=O)OCc1ccccc1)C(=O)OC. The first kappa shape index (κ1) is 18.5. The summed E-state index contributed by atoms with van der Waals surface area (Å²) in [6, 6.07) is 9.12. The molecule has 0 bridgehead atoms. The maximum Gasteiger partial charge on any atom is 0.408 e. The van der Waals surface area contributed by atoms with E-state index < -0.39 is 23.6 Å². The van der Waals surface area contributed by atoms with Crippen molar-refractivity contribution < 1.29 is 28.6 Å². The summed E-state index contributed by atoms with van der Waals surface area (Å²) in [7, 11) is 2.45. The third-order valence-corrected chi connectivity index (χ3v) is 3.28. The van der Waals surface area contributed by atoms with Crippen molar-refractivity contribution in [3.05, 3.63) is 35.9 Å². The Morgan fingerprint density at radius 3 is 2.30 bits per heavy atom. The lowest BCUT2D eigenvalue weighted by Crippen LogP contribution is -2.53. The van der Waals surface area contributed by atoms with E-state index in [1.165, 1.54) is 21.1 Å². The zero-order valence-electron chi connectivity index (χ0n) is 13.5. The molecule has 126 valence electrons. The van der Waals surface area contributed by atoms with E-state index in [-0.39, 0.29) is 19.4 Å². The Bertz CT molecular complexity index is 545. The largest absolute Gasteiger partial charge is 0.469 e. The summed E-state index contributed by atoms with van der Waals surface area (Å²) in [5.74, 6) is -1.15. The number of esters is 2. The maximum atomic E-state index is 11.9. The molecule has 0 radical (unpaired) electrons. The molecule has 0 unspecified atom stereocenters. The van der Waals surface area contributed by atoms with Gasteiger partial charge in [0.15, 0.2) is 0 Å². The second-order valence-electron chi connectivity index (χ2n) is 5.09. The van der Waals surface area contributed by atoms with E-state index in [1.54, 1.807) is 0 Å². The Morgan fingerprint density at radius 1 is 1.09 bits per heavy atom. The van der Waals surface area contributed by atoms with Gasteiger partial charge in [-0.15, -0.1) is 0 Å². The number of hydrogen-bond acceptors (Lipinski definition) is 6. The molecule has 0 saturated heterocycles. The zero-order valence-corrected chi connectivity index (χ0v) is 13.5. The highest BCUT2D eigenvalue weighted by Gasteiger charge is 2.37. The van der Waals surface area contributed by atoms with Gasteiger partial charge in [0.2, 0.25) is 0 Å². The van der Waals surface area contributed by atoms with Gasteiger partial charge in [-0.1, -0.05) is 30.3 Å². The molecule has 0 aliphatic heterocycles. The lowest BCUT2D eigenvalue weighted by Gasteiger charge is -2.27. The summed E-state index contributed by atoms with van der Waals surface area (Å²) in [4.78, 5) is 35.1. The van der Waals surface area contributed by atoms with Crippen LogP contribution in [0.2, 0.25) is 0 Å². The number of methoxy groups -OCH3 is 2. The topological polar surface area (TPSA) is 90.9 Å². The highest BCUT2D eigenvalue weighted by atomic mass is 16.6. The van der Waals surface area contributed by atoms with Crippen LogP contribution >= 0.6 is 0 Å². The van der Waals surface area contributed by atoms with Gasteiger partial charge in [0, 0.05) is 6.42 Å². The number of alkyl carbamates (subject to hydrolysis) is 1. The van der Waals surface area contributed by atoms with Gasteiger partial charge < -0.3 is 19.5 Å². The molecular formula is C16H21NO6. The Balaban J connectivity index is 2.63. The molecule has 1 aromatic carbocycles. The van der Waals surface area contributed by atoms with Gasteiger partial charge in [-0.3, -0.25) is 4.79 Å². The average molecular weight is 323 g/mol. The molecule has 7 heteroatoms. The van der Waals surface area contributed by atoms with Gasteiger partial charge in [0.25, 0.3) is 0 Å². The molecule has 1 atom stereocenters. The van der Waals surface area contributed by atoms with E-state index in [0.29, 0.717) is 0 Å². The highest BCUT2D eigenvalue weighted by molar-refractivity contribution is 5.86. The fourth-order valence-corrected chi connectivity index (χ4v) is 1.88. The summed E-state index contributed by atoms with van der Waals surface area (Å²) < 4.78 is 14.3. The molecular weight excluding hydrogens is 302 g/mol. The normalized spacial score (nSPS) is 12.7. The predicted octanol–water partition coefficient (Wildman–Crippen LogP) is 1.80. The number of carbonyl (C=O) groups is 3. The second kappa shape index (κ2) is 8.77. The lowest BCUT2D eigenvalue weighted by molar-refractivity contribution is -0.149. The number of amides is 1. The van der Waals surface area contributed by atoms with Gasteiger partial charge in [0.1, 0.15) is 12.1 Å². The maximum absolute atomic E-state index is 11.9. The summed E-state index contributed by atoms with van der Waals surface area (Å²) in [6.45, 7) is 1.53. The Labute approximate surface area is 134 Å². The van der Waals surface area contributed by atoms with Crippen LogP contribution in [-0.4, -0.2) is 37.8 Å². The first-order valence-electron chi connectivity index (χ1n) is 7.05. The van der Waals surface area contributed by atoms with Crippen LogP contribution < -0.4 is 5.32 Å². The number of rotatable bonds is 7. The summed E-state index contributed by atoms with van der Waals surface area (Å²) >= 11 is 0. The molecule has 0 aromatic heterocycles. The van der Waals surface area contributed by atoms with Crippen molar-refractivity contribution in [2.45, 2.75) is 31.9 Å². The Morgan fingerprint density at radius 2 is 1.74 bits per heavy atom. The quantitative estimate of drug-likeness (QED) is 0.608. The molecule has 1 aromatic rings. The highest BCUT2D eigenvalue weighted by Crippen LogP contribution is 2.16. The summed E-state index contributed by atoms with van der Waals surface area (Å²) in [6.07, 6.45) is -0.778. The summed E-state index contributed by atoms with van der Waals surface area (Å²) in [5, 5.41) is 2.45. The average Bonchev–Trinajstić information content (AvgIpc) is 2.57. The molecule has 1 amide bonds. The minimum Gasteiger partial charge on any atom is -0.469 e. The van der Waals surface area contributed by atoms with E-state index in [2.05, 4.69) is 14.8 Å². The minimum absolute atomic E-state index is 0.0345. The Kier molecular flexibility index (Phi) is 7.05. The monoisotopic (exact) mass is 323 g/mol. The van der Waals surface area contributed by atoms with Crippen molar-refractivity contribution in [1.29, 1.82) is 0 Å². The first-order valence-corrected chi connectivity index (χ1v) is 7.05. The van der Waals surface area contributed by atoms with Gasteiger partial charge >= 0.3 is 18.0 Å². The van der Waals surface area contributed by atoms with E-state index in [1.807, 2.05) is 30.3 Å². The van der Waals surface area contributed by atoms with Crippen LogP contribution in [-0.2, 0) is 30.4 Å². The first-order chi connectivity index (χ1) is 10.9. The molecule has 0 heterocycles. The molecule has 0 aliphatic carbocycles. The van der Waals surface area contributed by atoms with Crippen LogP contribution in [0.1, 0.15) is 25.3 Å². The van der Waals surface area contributed by atoms with Gasteiger partial charge in [0.05, 0.1) is 14.2 Å². The molecule has 0 aliphatic rings. The van der Waals surface area contributed by atoms with Crippen molar-refractivity contribution in [2.24, 2.45) is 0 Å². The van der Waals surface area contributed by atoms with Crippen LogP contribution in [0.15, 0.2) is 30.3 Å². The van der Waals surface area contributed by atoms with Crippen molar-refractivity contribution in [3.63, 3.8) is 0 Å². The predicted molar refractivity (Wildman–Crippen MR) is 81.4 cm³/mol. The van der Waals surface area contributed by atoms with Gasteiger partial charge in [-0.25, -0.2) is 9.59 Å². The molecule has 0 saturated carbocycles. The molecule has 23 heavy (non-hydrogen) atoms. The standard InChI is InChI=1S/C16H21NO6/c1-16(14(19)22-3,10-9-13(18)21-2)17-15(20)23-11-12-7-5-4-6-8-12/h4-8H,9-11H2,1-3H3,(H,17,20)/t16-/m0/s1. The van der Waals surface area contributed by atoms with Crippen molar-refractivity contribution in [2.75, 3.05) is 14.2 Å². The second-order valence-corrected chi connectivity index (χ2v) is 5.09. The molecule has 7 nitrogen and oxygen atoms in total. The molecule has 0 spiro atoms. The van der Waals surface area contributed by atoms with Crippen LogP contribution in [0.25, 0.3) is 0 Å².